The number of benzene rings is 2. The van der Waals surface area contributed by atoms with Gasteiger partial charge in [0.2, 0.25) is 10.0 Å². The summed E-state index contributed by atoms with van der Waals surface area (Å²) in [7, 11) is -1.90. The van der Waals surface area contributed by atoms with Crippen molar-refractivity contribution in [1.29, 1.82) is 0 Å². The van der Waals surface area contributed by atoms with Gasteiger partial charge in [-0.3, -0.25) is 0 Å². The van der Waals surface area contributed by atoms with Gasteiger partial charge in [0.1, 0.15) is 11.5 Å². The first-order valence-corrected chi connectivity index (χ1v) is 9.45. The van der Waals surface area contributed by atoms with E-state index in [4.69, 9.17) is 9.47 Å². The van der Waals surface area contributed by atoms with Crippen molar-refractivity contribution in [2.45, 2.75) is 24.2 Å². The molecule has 3 rings (SSSR count). The van der Waals surface area contributed by atoms with Crippen LogP contribution in [0.2, 0.25) is 0 Å². The molecule has 0 saturated heterocycles. The normalized spacial score (nSPS) is 13.9. The Bertz CT molecular complexity index is 818. The van der Waals surface area contributed by atoms with Crippen molar-refractivity contribution < 1.29 is 17.9 Å². The molecule has 0 atom stereocenters. The number of ether oxygens (including phenoxy) is 2. The Morgan fingerprint density at radius 2 is 2.08 bits per heavy atom. The van der Waals surface area contributed by atoms with E-state index in [9.17, 15) is 8.42 Å². The Morgan fingerprint density at radius 1 is 1.21 bits per heavy atom. The lowest BCUT2D eigenvalue weighted by Crippen LogP contribution is -2.26. The van der Waals surface area contributed by atoms with Gasteiger partial charge in [0.15, 0.2) is 0 Å². The predicted molar refractivity (Wildman–Crippen MR) is 92.1 cm³/mol. The van der Waals surface area contributed by atoms with Gasteiger partial charge in [-0.05, 0) is 60.7 Å². The van der Waals surface area contributed by atoms with Gasteiger partial charge in [0, 0.05) is 6.54 Å². The minimum atomic E-state index is -3.52. The van der Waals surface area contributed by atoms with Crippen LogP contribution in [0.4, 0.5) is 0 Å². The third kappa shape index (κ3) is 3.88. The number of hydrogen-bond donors (Lipinski definition) is 1. The quantitative estimate of drug-likeness (QED) is 0.872. The SMILES string of the molecule is COc1cccc(CCNS(=O)(=O)c2ccc3c(c2)CCCO3)c1. The predicted octanol–water partition coefficient (Wildman–Crippen LogP) is 2.54. The Kier molecular flexibility index (Phi) is 5.06. The molecule has 0 fully saturated rings. The van der Waals surface area contributed by atoms with Crippen LogP contribution in [0.5, 0.6) is 11.5 Å². The number of nitrogens with one attached hydrogen (secondary N) is 1. The highest BCUT2D eigenvalue weighted by Crippen LogP contribution is 2.27. The third-order valence-corrected chi connectivity index (χ3v) is 5.49. The van der Waals surface area contributed by atoms with E-state index in [0.29, 0.717) is 19.6 Å². The second kappa shape index (κ2) is 7.23. The second-order valence-electron chi connectivity index (χ2n) is 5.72. The number of rotatable bonds is 6. The van der Waals surface area contributed by atoms with Crippen molar-refractivity contribution >= 4 is 10.0 Å². The topological polar surface area (TPSA) is 64.6 Å². The van der Waals surface area contributed by atoms with E-state index >= 15 is 0 Å². The lowest BCUT2D eigenvalue weighted by molar-refractivity contribution is 0.288. The van der Waals surface area contributed by atoms with Crippen molar-refractivity contribution in [1.82, 2.24) is 4.72 Å². The van der Waals surface area contributed by atoms with E-state index < -0.39 is 10.0 Å². The molecular weight excluding hydrogens is 326 g/mol. The van der Waals surface area contributed by atoms with Crippen LogP contribution >= 0.6 is 0 Å². The summed E-state index contributed by atoms with van der Waals surface area (Å²) < 4.78 is 38.3. The first kappa shape index (κ1) is 16.8. The van der Waals surface area contributed by atoms with Gasteiger partial charge in [0.25, 0.3) is 0 Å². The molecule has 0 bridgehead atoms. The molecule has 1 heterocycles. The van der Waals surface area contributed by atoms with E-state index in [1.807, 2.05) is 24.3 Å². The summed E-state index contributed by atoms with van der Waals surface area (Å²) in [5.74, 6) is 1.56. The summed E-state index contributed by atoms with van der Waals surface area (Å²) in [6.45, 7) is 1.03. The Morgan fingerprint density at radius 3 is 2.92 bits per heavy atom. The van der Waals surface area contributed by atoms with Crippen LogP contribution in [-0.4, -0.2) is 28.7 Å². The van der Waals surface area contributed by atoms with E-state index in [2.05, 4.69) is 4.72 Å². The standard InChI is InChI=1S/C18H21NO4S/c1-22-16-6-2-4-14(12-16)9-10-19-24(20,21)17-7-8-18-15(13-17)5-3-11-23-18/h2,4,6-8,12-13,19H,3,5,9-11H2,1H3. The molecule has 5 nitrogen and oxygen atoms in total. The van der Waals surface area contributed by atoms with Gasteiger partial charge >= 0.3 is 0 Å². The maximum absolute atomic E-state index is 12.5. The molecule has 0 amide bonds. The van der Waals surface area contributed by atoms with E-state index in [1.54, 1.807) is 25.3 Å². The van der Waals surface area contributed by atoms with Crippen LogP contribution in [0, 0.1) is 0 Å². The zero-order valence-electron chi connectivity index (χ0n) is 13.6. The average molecular weight is 347 g/mol. The van der Waals surface area contributed by atoms with Gasteiger partial charge in [-0.25, -0.2) is 13.1 Å². The van der Waals surface area contributed by atoms with Crippen LogP contribution in [0.3, 0.4) is 0 Å². The van der Waals surface area contributed by atoms with Crippen molar-refractivity contribution in [3.63, 3.8) is 0 Å². The van der Waals surface area contributed by atoms with Crippen LogP contribution in [0.25, 0.3) is 0 Å². The molecule has 0 spiro atoms. The van der Waals surface area contributed by atoms with Crippen molar-refractivity contribution in [3.05, 3.63) is 53.6 Å². The molecular formula is C18H21NO4S. The highest BCUT2D eigenvalue weighted by atomic mass is 32.2. The Labute approximate surface area is 142 Å². The average Bonchev–Trinajstić information content (AvgIpc) is 2.61. The first-order valence-electron chi connectivity index (χ1n) is 7.97. The van der Waals surface area contributed by atoms with Crippen molar-refractivity contribution in [2.75, 3.05) is 20.3 Å². The van der Waals surface area contributed by atoms with Crippen LogP contribution in [-0.2, 0) is 22.9 Å². The molecule has 0 unspecified atom stereocenters. The van der Waals surface area contributed by atoms with Crippen LogP contribution in [0.1, 0.15) is 17.5 Å². The van der Waals surface area contributed by atoms with Gasteiger partial charge in [0.05, 0.1) is 18.6 Å². The maximum Gasteiger partial charge on any atom is 0.240 e. The fourth-order valence-corrected chi connectivity index (χ4v) is 3.83. The molecule has 0 aliphatic carbocycles. The van der Waals surface area contributed by atoms with Gasteiger partial charge < -0.3 is 9.47 Å². The largest absolute Gasteiger partial charge is 0.497 e. The summed E-state index contributed by atoms with van der Waals surface area (Å²) in [6.07, 6.45) is 2.37. The number of sulfonamides is 1. The minimum Gasteiger partial charge on any atom is -0.497 e. The molecule has 6 heteroatoms. The minimum absolute atomic E-state index is 0.289. The molecule has 1 N–H and O–H groups in total. The molecule has 2 aromatic rings. The first-order chi connectivity index (χ1) is 11.6. The van der Waals surface area contributed by atoms with Gasteiger partial charge in [-0.15, -0.1) is 0 Å². The molecule has 0 radical (unpaired) electrons. The molecule has 24 heavy (non-hydrogen) atoms. The van der Waals surface area contributed by atoms with Gasteiger partial charge in [-0.2, -0.15) is 0 Å². The summed E-state index contributed by atoms with van der Waals surface area (Å²) in [5.41, 5.74) is 1.98. The van der Waals surface area contributed by atoms with Crippen molar-refractivity contribution in [3.8, 4) is 11.5 Å². The highest BCUT2D eigenvalue weighted by Gasteiger charge is 2.18. The fourth-order valence-electron chi connectivity index (χ4n) is 2.74. The zero-order chi connectivity index (χ0) is 17.0. The smallest absolute Gasteiger partial charge is 0.240 e. The number of fused-ring (bicyclic) bond motifs is 1. The molecule has 1 aliphatic heterocycles. The molecule has 2 aromatic carbocycles. The molecule has 1 aliphatic rings. The van der Waals surface area contributed by atoms with Crippen LogP contribution < -0.4 is 14.2 Å². The number of hydrogen-bond acceptors (Lipinski definition) is 4. The van der Waals surface area contributed by atoms with E-state index in [1.165, 1.54) is 0 Å². The molecule has 0 aromatic heterocycles. The highest BCUT2D eigenvalue weighted by molar-refractivity contribution is 7.89. The summed E-state index contributed by atoms with van der Waals surface area (Å²) in [4.78, 5) is 0.289. The summed E-state index contributed by atoms with van der Waals surface area (Å²) >= 11 is 0. The fraction of sp³-hybridized carbons (Fsp3) is 0.333. The van der Waals surface area contributed by atoms with Gasteiger partial charge in [-0.1, -0.05) is 12.1 Å². The zero-order valence-corrected chi connectivity index (χ0v) is 14.4. The maximum atomic E-state index is 12.5. The molecule has 0 saturated carbocycles. The third-order valence-electron chi connectivity index (χ3n) is 4.03. The number of methoxy groups -OCH3 is 1. The summed E-state index contributed by atoms with van der Waals surface area (Å²) in [5, 5.41) is 0. The lowest BCUT2D eigenvalue weighted by Gasteiger charge is -2.18. The summed E-state index contributed by atoms with van der Waals surface area (Å²) in [6, 6.07) is 12.7. The monoisotopic (exact) mass is 347 g/mol. The lowest BCUT2D eigenvalue weighted by atomic mass is 10.1. The van der Waals surface area contributed by atoms with Crippen LogP contribution in [0.15, 0.2) is 47.4 Å². The van der Waals surface area contributed by atoms with E-state index in [0.717, 1.165) is 35.5 Å². The van der Waals surface area contributed by atoms with Crippen molar-refractivity contribution in [2.24, 2.45) is 0 Å². The number of aryl methyl sites for hydroxylation is 1. The van der Waals surface area contributed by atoms with E-state index in [-0.39, 0.29) is 4.90 Å². The second-order valence-corrected chi connectivity index (χ2v) is 7.49. The Hall–Kier alpha value is -2.05. The Balaban J connectivity index is 1.65. The molecule has 128 valence electrons.